The minimum Gasteiger partial charge on any atom is -0.494 e. The molecule has 0 aliphatic heterocycles. The molecule has 0 aliphatic rings. The fourth-order valence-electron chi connectivity index (χ4n) is 3.88. The predicted octanol–water partition coefficient (Wildman–Crippen LogP) is 7.64. The number of para-hydroxylation sites is 3. The van der Waals surface area contributed by atoms with Crippen LogP contribution in [0.3, 0.4) is 0 Å². The van der Waals surface area contributed by atoms with Crippen LogP contribution < -0.4 is 9.47 Å². The van der Waals surface area contributed by atoms with Gasteiger partial charge < -0.3 is 14.0 Å². The van der Waals surface area contributed by atoms with Gasteiger partial charge in [0.25, 0.3) is 0 Å². The average molecular weight is 463 g/mol. The minimum absolute atomic E-state index is 0.372. The quantitative estimate of drug-likeness (QED) is 0.215. The summed E-state index contributed by atoms with van der Waals surface area (Å²) in [6, 6.07) is 24.2. The van der Waals surface area contributed by atoms with Crippen LogP contribution in [0.5, 0.6) is 11.5 Å². The second-order valence-electron chi connectivity index (χ2n) is 8.32. The Kier molecular flexibility index (Phi) is 7.90. The van der Waals surface area contributed by atoms with Gasteiger partial charge in [-0.05, 0) is 67.1 Å². The Labute approximate surface area is 201 Å². The van der Waals surface area contributed by atoms with Crippen molar-refractivity contribution in [3.8, 4) is 11.5 Å². The van der Waals surface area contributed by atoms with Gasteiger partial charge in [-0.15, -0.1) is 0 Å². The van der Waals surface area contributed by atoms with Gasteiger partial charge in [-0.2, -0.15) is 0 Å². The molecule has 0 bridgehead atoms. The molecule has 0 fully saturated rings. The number of aryl methyl sites for hydroxylation is 1. The summed E-state index contributed by atoms with van der Waals surface area (Å²) in [7, 11) is 0. The zero-order chi connectivity index (χ0) is 23.0. The Morgan fingerprint density at radius 3 is 2.45 bits per heavy atom. The molecular weight excluding hydrogens is 432 g/mol. The number of aromatic nitrogens is 2. The van der Waals surface area contributed by atoms with E-state index in [1.807, 2.05) is 42.5 Å². The molecule has 0 amide bonds. The number of ether oxygens (including phenoxy) is 2. The lowest BCUT2D eigenvalue weighted by atomic mass is 9.99. The second-order valence-corrected chi connectivity index (χ2v) is 8.73. The van der Waals surface area contributed by atoms with E-state index in [0.29, 0.717) is 29.9 Å². The largest absolute Gasteiger partial charge is 0.494 e. The number of fused-ring (bicyclic) bond motifs is 1. The number of halogens is 1. The number of hydrogen-bond donors (Lipinski definition) is 0. The fourth-order valence-corrected chi connectivity index (χ4v) is 4.07. The smallest absolute Gasteiger partial charge is 0.147 e. The van der Waals surface area contributed by atoms with Crippen LogP contribution in [0.25, 0.3) is 11.0 Å². The molecule has 33 heavy (non-hydrogen) atoms. The summed E-state index contributed by atoms with van der Waals surface area (Å²) in [6.07, 6.45) is 3.10. The van der Waals surface area contributed by atoms with Crippen molar-refractivity contribution >= 4 is 22.6 Å². The summed E-state index contributed by atoms with van der Waals surface area (Å²) >= 11 is 6.24. The van der Waals surface area contributed by atoms with Gasteiger partial charge in [-0.25, -0.2) is 4.98 Å². The predicted molar refractivity (Wildman–Crippen MR) is 135 cm³/mol. The van der Waals surface area contributed by atoms with E-state index in [1.165, 1.54) is 5.56 Å². The maximum Gasteiger partial charge on any atom is 0.147 e. The first kappa shape index (κ1) is 23.2. The Hall–Kier alpha value is -2.98. The van der Waals surface area contributed by atoms with Crippen molar-refractivity contribution in [3.05, 3.63) is 89.2 Å². The molecule has 4 rings (SSSR count). The molecule has 1 atom stereocenters. The van der Waals surface area contributed by atoms with Gasteiger partial charge in [-0.3, -0.25) is 0 Å². The molecule has 0 saturated heterocycles. The highest BCUT2D eigenvalue weighted by atomic mass is 35.5. The van der Waals surface area contributed by atoms with Crippen molar-refractivity contribution in [2.24, 2.45) is 0 Å². The topological polar surface area (TPSA) is 36.3 Å². The molecule has 5 heteroatoms. The Morgan fingerprint density at radius 2 is 1.67 bits per heavy atom. The normalized spacial score (nSPS) is 12.1. The molecule has 4 nitrogen and oxygen atoms in total. The molecule has 0 spiro atoms. The molecular formula is C28H31ClN2O2. The van der Waals surface area contributed by atoms with Crippen molar-refractivity contribution in [1.29, 1.82) is 0 Å². The van der Waals surface area contributed by atoms with Gasteiger partial charge in [0.15, 0.2) is 0 Å². The molecule has 1 aromatic heterocycles. The first-order valence-electron chi connectivity index (χ1n) is 11.7. The molecule has 4 aromatic rings. The maximum atomic E-state index is 6.24. The summed E-state index contributed by atoms with van der Waals surface area (Å²) in [4.78, 5) is 4.80. The highest BCUT2D eigenvalue weighted by Gasteiger charge is 2.12. The molecule has 0 saturated carbocycles. The third kappa shape index (κ3) is 5.88. The molecule has 1 heterocycles. The van der Waals surface area contributed by atoms with Gasteiger partial charge in [-0.1, -0.05) is 61.8 Å². The highest BCUT2D eigenvalue weighted by Crippen LogP contribution is 2.25. The Bertz CT molecular complexity index is 1170. The SMILES string of the molecule is CCC(C)c1ccc(OCCCCn2c(COc3ccccc3Cl)nc3ccccc32)cc1. The number of unbranched alkanes of at least 4 members (excludes halogenated alkanes) is 1. The van der Waals surface area contributed by atoms with Gasteiger partial charge in [0.2, 0.25) is 0 Å². The van der Waals surface area contributed by atoms with E-state index in [1.54, 1.807) is 0 Å². The number of nitrogens with zero attached hydrogens (tertiary/aromatic N) is 2. The van der Waals surface area contributed by atoms with Crippen molar-refractivity contribution in [2.45, 2.75) is 52.2 Å². The van der Waals surface area contributed by atoms with E-state index in [0.717, 1.165) is 48.4 Å². The van der Waals surface area contributed by atoms with Gasteiger partial charge in [0.1, 0.15) is 23.9 Å². The third-order valence-electron chi connectivity index (χ3n) is 6.03. The van der Waals surface area contributed by atoms with Gasteiger partial charge in [0, 0.05) is 6.54 Å². The van der Waals surface area contributed by atoms with Crippen molar-refractivity contribution in [3.63, 3.8) is 0 Å². The molecule has 0 aliphatic carbocycles. The van der Waals surface area contributed by atoms with E-state index in [4.69, 9.17) is 26.1 Å². The zero-order valence-electron chi connectivity index (χ0n) is 19.3. The maximum absolute atomic E-state index is 6.24. The molecule has 3 aromatic carbocycles. The van der Waals surface area contributed by atoms with Crippen molar-refractivity contribution in [2.75, 3.05) is 6.61 Å². The van der Waals surface area contributed by atoms with Gasteiger partial charge in [0.05, 0.1) is 22.7 Å². The lowest BCUT2D eigenvalue weighted by Gasteiger charge is -2.12. The first-order chi connectivity index (χ1) is 16.2. The van der Waals surface area contributed by atoms with E-state index < -0.39 is 0 Å². The van der Waals surface area contributed by atoms with Crippen molar-refractivity contribution in [1.82, 2.24) is 9.55 Å². The zero-order valence-corrected chi connectivity index (χ0v) is 20.1. The lowest BCUT2D eigenvalue weighted by Crippen LogP contribution is -2.09. The summed E-state index contributed by atoms with van der Waals surface area (Å²) < 4.78 is 14.2. The van der Waals surface area contributed by atoms with Crippen LogP contribution in [-0.4, -0.2) is 16.2 Å². The Morgan fingerprint density at radius 1 is 0.909 bits per heavy atom. The molecule has 0 radical (unpaired) electrons. The van der Waals surface area contributed by atoms with Crippen molar-refractivity contribution < 1.29 is 9.47 Å². The standard InChI is InChI=1S/C28H31ClN2O2/c1-3-21(2)22-14-16-23(17-15-22)32-19-9-8-18-31-26-12-6-5-11-25(26)30-28(31)20-33-27-13-7-4-10-24(27)29/h4-7,10-17,21H,3,8-9,18-20H2,1-2H3. The third-order valence-corrected chi connectivity index (χ3v) is 6.35. The second kappa shape index (κ2) is 11.2. The van der Waals surface area contributed by atoms with E-state index in [9.17, 15) is 0 Å². The van der Waals surface area contributed by atoms with Crippen LogP contribution in [0.15, 0.2) is 72.8 Å². The van der Waals surface area contributed by atoms with Gasteiger partial charge >= 0.3 is 0 Å². The highest BCUT2D eigenvalue weighted by molar-refractivity contribution is 6.32. The van der Waals surface area contributed by atoms with Crippen LogP contribution in [0.1, 0.15) is 50.4 Å². The first-order valence-corrected chi connectivity index (χ1v) is 12.1. The van der Waals surface area contributed by atoms with Crippen LogP contribution in [0.2, 0.25) is 5.02 Å². The molecule has 0 N–H and O–H groups in total. The number of rotatable bonds is 11. The number of benzene rings is 3. The summed E-state index contributed by atoms with van der Waals surface area (Å²) in [5, 5.41) is 0.606. The van der Waals surface area contributed by atoms with E-state index >= 15 is 0 Å². The van der Waals surface area contributed by atoms with Crippen LogP contribution in [0.4, 0.5) is 0 Å². The molecule has 1 unspecified atom stereocenters. The van der Waals surface area contributed by atoms with E-state index in [-0.39, 0.29) is 0 Å². The lowest BCUT2D eigenvalue weighted by molar-refractivity contribution is 0.285. The van der Waals surface area contributed by atoms with Crippen LogP contribution in [0, 0.1) is 0 Å². The fraction of sp³-hybridized carbons (Fsp3) is 0.321. The van der Waals surface area contributed by atoms with Crippen LogP contribution in [-0.2, 0) is 13.2 Å². The monoisotopic (exact) mass is 462 g/mol. The number of hydrogen-bond acceptors (Lipinski definition) is 3. The average Bonchev–Trinajstić information content (AvgIpc) is 3.20. The minimum atomic E-state index is 0.372. The van der Waals surface area contributed by atoms with Crippen LogP contribution >= 0.6 is 11.6 Å². The summed E-state index contributed by atoms with van der Waals surface area (Å²) in [5.74, 6) is 3.09. The molecule has 172 valence electrons. The summed E-state index contributed by atoms with van der Waals surface area (Å²) in [6.45, 7) is 6.40. The Balaban J connectivity index is 1.34. The summed E-state index contributed by atoms with van der Waals surface area (Å²) in [5.41, 5.74) is 3.47. The number of imidazole rings is 1. The van der Waals surface area contributed by atoms with E-state index in [2.05, 4.69) is 48.7 Å².